The molecule has 1 aliphatic heterocycles. The van der Waals surface area contributed by atoms with E-state index >= 15 is 0 Å². The minimum absolute atomic E-state index is 0.0184. The monoisotopic (exact) mass is 455 g/mol. The highest BCUT2D eigenvalue weighted by Gasteiger charge is 2.38. The molecule has 1 aromatic carbocycles. The summed E-state index contributed by atoms with van der Waals surface area (Å²) in [6.07, 6.45) is 1.22. The van der Waals surface area contributed by atoms with Crippen LogP contribution in [0, 0.1) is 0 Å². The molecule has 0 unspecified atom stereocenters. The van der Waals surface area contributed by atoms with Gasteiger partial charge < -0.3 is 14.5 Å². The third-order valence-electron chi connectivity index (χ3n) is 6.00. The van der Waals surface area contributed by atoms with Crippen molar-refractivity contribution in [2.24, 2.45) is 0 Å². The van der Waals surface area contributed by atoms with E-state index in [4.69, 9.17) is 9.63 Å². The van der Waals surface area contributed by atoms with Crippen LogP contribution in [0.4, 0.5) is 19.0 Å². The number of hydrogen-bond acceptors (Lipinski definition) is 5. The Morgan fingerprint density at radius 3 is 2.55 bits per heavy atom. The number of pyridine rings is 1. The lowest BCUT2D eigenvalue weighted by atomic mass is 9.91. The number of rotatable bonds is 5. The number of carbonyl (C=O) groups is 1. The van der Waals surface area contributed by atoms with Crippen LogP contribution < -0.4 is 4.90 Å². The van der Waals surface area contributed by atoms with E-state index in [2.05, 4.69) is 10.1 Å². The Morgan fingerprint density at radius 1 is 1.15 bits per heavy atom. The molecule has 0 saturated heterocycles. The summed E-state index contributed by atoms with van der Waals surface area (Å²) in [5.41, 5.74) is 1.20. The van der Waals surface area contributed by atoms with Crippen molar-refractivity contribution >= 4 is 17.4 Å². The van der Waals surface area contributed by atoms with Crippen molar-refractivity contribution in [3.05, 3.63) is 71.1 Å². The molecule has 0 radical (unpaired) electrons. The van der Waals surface area contributed by atoms with Crippen LogP contribution in [0.25, 0.3) is 16.8 Å². The molecule has 6 nitrogen and oxygen atoms in total. The van der Waals surface area contributed by atoms with Crippen LogP contribution in [0.15, 0.2) is 53.2 Å². The Labute approximate surface area is 187 Å². The quantitative estimate of drug-likeness (QED) is 0.538. The van der Waals surface area contributed by atoms with Crippen molar-refractivity contribution in [1.82, 2.24) is 10.1 Å². The molecule has 1 saturated carbocycles. The van der Waals surface area contributed by atoms with Crippen LogP contribution in [-0.2, 0) is 6.18 Å². The Kier molecular flexibility index (Phi) is 5.19. The summed E-state index contributed by atoms with van der Waals surface area (Å²) in [6, 6.07) is 8.60. The second-order valence-electron chi connectivity index (χ2n) is 8.22. The summed E-state index contributed by atoms with van der Waals surface area (Å²) in [5, 5.41) is 13.1. The Bertz CT molecular complexity index is 1230. The lowest BCUT2D eigenvalue weighted by molar-refractivity contribution is -0.137. The minimum atomic E-state index is -4.50. The van der Waals surface area contributed by atoms with Gasteiger partial charge in [-0.3, -0.25) is 0 Å². The Morgan fingerprint density at radius 2 is 1.94 bits per heavy atom. The van der Waals surface area contributed by atoms with Crippen LogP contribution in [0.5, 0.6) is 0 Å². The zero-order valence-electron chi connectivity index (χ0n) is 17.5. The van der Waals surface area contributed by atoms with Crippen molar-refractivity contribution in [2.45, 2.75) is 31.4 Å². The second-order valence-corrected chi connectivity index (χ2v) is 8.22. The maximum absolute atomic E-state index is 13.7. The standard InChI is InChI=1S/C24H20F3N3O3/c25-24(26,27)18-4-2-1-3-17(18)21-20(22(33-29-21)15-5-6-15)14-9-11-30(12-10-14)19-8-7-16(13-28-19)23(31)32/h1-4,7-9,13,15H,5-6,10-12H2,(H,31,32). The van der Waals surface area contributed by atoms with Crippen molar-refractivity contribution in [1.29, 1.82) is 0 Å². The molecule has 0 spiro atoms. The van der Waals surface area contributed by atoms with E-state index in [0.717, 1.165) is 24.5 Å². The van der Waals surface area contributed by atoms with Gasteiger partial charge in [-0.1, -0.05) is 29.4 Å². The molecule has 9 heteroatoms. The number of alkyl halides is 3. The van der Waals surface area contributed by atoms with Gasteiger partial charge in [-0.25, -0.2) is 9.78 Å². The number of carboxylic acid groups (broad SMARTS) is 1. The zero-order valence-corrected chi connectivity index (χ0v) is 17.5. The van der Waals surface area contributed by atoms with Crippen LogP contribution in [0.1, 0.15) is 52.4 Å². The molecule has 0 amide bonds. The first-order valence-electron chi connectivity index (χ1n) is 10.6. The van der Waals surface area contributed by atoms with Gasteiger partial charge in [-0.2, -0.15) is 13.2 Å². The predicted molar refractivity (Wildman–Crippen MR) is 115 cm³/mol. The minimum Gasteiger partial charge on any atom is -0.478 e. The van der Waals surface area contributed by atoms with Crippen LogP contribution in [-0.4, -0.2) is 34.3 Å². The van der Waals surface area contributed by atoms with Crippen molar-refractivity contribution in [3.63, 3.8) is 0 Å². The molecule has 3 aromatic rings. The number of anilines is 1. The van der Waals surface area contributed by atoms with E-state index in [0.29, 0.717) is 36.7 Å². The van der Waals surface area contributed by atoms with Gasteiger partial charge in [-0.05, 0) is 43.0 Å². The summed E-state index contributed by atoms with van der Waals surface area (Å²) >= 11 is 0. The van der Waals surface area contributed by atoms with E-state index in [9.17, 15) is 18.0 Å². The number of nitrogens with zero attached hydrogens (tertiary/aromatic N) is 3. The largest absolute Gasteiger partial charge is 0.478 e. The van der Waals surface area contributed by atoms with E-state index < -0.39 is 17.7 Å². The van der Waals surface area contributed by atoms with E-state index in [-0.39, 0.29) is 22.7 Å². The van der Waals surface area contributed by atoms with Crippen LogP contribution in [0.2, 0.25) is 0 Å². The molecule has 5 rings (SSSR count). The smallest absolute Gasteiger partial charge is 0.417 e. The van der Waals surface area contributed by atoms with E-state index in [1.54, 1.807) is 12.1 Å². The fourth-order valence-electron chi connectivity index (χ4n) is 4.16. The zero-order chi connectivity index (χ0) is 23.2. The molecule has 1 N–H and O–H groups in total. The van der Waals surface area contributed by atoms with Gasteiger partial charge in [0.05, 0.1) is 11.1 Å². The average Bonchev–Trinajstić information content (AvgIpc) is 3.57. The van der Waals surface area contributed by atoms with Gasteiger partial charge in [-0.15, -0.1) is 0 Å². The van der Waals surface area contributed by atoms with Crippen molar-refractivity contribution in [3.8, 4) is 11.3 Å². The van der Waals surface area contributed by atoms with Gasteiger partial charge >= 0.3 is 12.1 Å². The topological polar surface area (TPSA) is 79.5 Å². The van der Waals surface area contributed by atoms with Crippen LogP contribution >= 0.6 is 0 Å². The number of carboxylic acids is 1. The van der Waals surface area contributed by atoms with E-state index in [1.807, 2.05) is 11.0 Å². The lowest BCUT2D eigenvalue weighted by Crippen LogP contribution is -2.29. The second kappa shape index (κ2) is 8.06. The summed E-state index contributed by atoms with van der Waals surface area (Å²) in [5.74, 6) is 0.446. The number of benzene rings is 1. The molecule has 33 heavy (non-hydrogen) atoms. The molecule has 1 aliphatic carbocycles. The lowest BCUT2D eigenvalue weighted by Gasteiger charge is -2.27. The number of hydrogen-bond donors (Lipinski definition) is 1. The average molecular weight is 455 g/mol. The fourth-order valence-corrected chi connectivity index (χ4v) is 4.16. The predicted octanol–water partition coefficient (Wildman–Crippen LogP) is 5.62. The normalized spacial score (nSPS) is 16.6. The maximum Gasteiger partial charge on any atom is 0.417 e. The molecule has 0 atom stereocenters. The molecular weight excluding hydrogens is 435 g/mol. The summed E-state index contributed by atoms with van der Waals surface area (Å²) in [7, 11) is 0. The molecule has 2 aromatic heterocycles. The molecule has 170 valence electrons. The molecular formula is C24H20F3N3O3. The molecule has 1 fully saturated rings. The highest BCUT2D eigenvalue weighted by molar-refractivity contribution is 5.87. The third-order valence-corrected chi connectivity index (χ3v) is 6.00. The first-order valence-corrected chi connectivity index (χ1v) is 10.6. The number of aromatic carboxylic acids is 1. The van der Waals surface area contributed by atoms with Crippen LogP contribution in [0.3, 0.4) is 0 Å². The molecule has 3 heterocycles. The van der Waals surface area contributed by atoms with Gasteiger partial charge in [0, 0.05) is 36.3 Å². The molecule has 0 bridgehead atoms. The Hall–Kier alpha value is -3.62. The van der Waals surface area contributed by atoms with Gasteiger partial charge in [0.1, 0.15) is 17.3 Å². The first-order chi connectivity index (χ1) is 15.8. The highest BCUT2D eigenvalue weighted by atomic mass is 19.4. The number of aromatic nitrogens is 2. The maximum atomic E-state index is 13.7. The SMILES string of the molecule is O=C(O)c1ccc(N2CC=C(c3c(-c4ccccc4C(F)(F)F)noc3C3CC3)CC2)nc1. The molecule has 2 aliphatic rings. The van der Waals surface area contributed by atoms with E-state index in [1.165, 1.54) is 24.4 Å². The number of halogens is 3. The first kappa shape index (κ1) is 21.2. The summed E-state index contributed by atoms with van der Waals surface area (Å²) in [6.45, 7) is 1.07. The highest BCUT2D eigenvalue weighted by Crippen LogP contribution is 2.48. The van der Waals surface area contributed by atoms with Gasteiger partial charge in [0.2, 0.25) is 0 Å². The van der Waals surface area contributed by atoms with Crippen molar-refractivity contribution < 1.29 is 27.6 Å². The van der Waals surface area contributed by atoms with Crippen molar-refractivity contribution in [2.75, 3.05) is 18.0 Å². The fraction of sp³-hybridized carbons (Fsp3) is 0.292. The summed E-state index contributed by atoms with van der Waals surface area (Å²) in [4.78, 5) is 17.3. The van der Waals surface area contributed by atoms with Gasteiger partial charge in [0.15, 0.2) is 0 Å². The third kappa shape index (κ3) is 4.10. The van der Waals surface area contributed by atoms with Gasteiger partial charge in [0.25, 0.3) is 0 Å². The Balaban J connectivity index is 1.49. The summed E-state index contributed by atoms with van der Waals surface area (Å²) < 4.78 is 46.6.